The van der Waals surface area contributed by atoms with E-state index >= 15 is 0 Å². The van der Waals surface area contributed by atoms with Gasteiger partial charge in [-0.2, -0.15) is 5.11 Å². The van der Waals surface area contributed by atoms with Crippen LogP contribution in [0.4, 0.5) is 17.2 Å². The summed E-state index contributed by atoms with van der Waals surface area (Å²) < 4.78 is 0.538. The van der Waals surface area contributed by atoms with E-state index in [2.05, 4.69) is 37.8 Å². The second-order valence-corrected chi connectivity index (χ2v) is 8.66. The fourth-order valence-corrected chi connectivity index (χ4v) is 6.52. The molecule has 1 aliphatic rings. The van der Waals surface area contributed by atoms with E-state index in [4.69, 9.17) is 11.5 Å². The number of halogens is 3. The largest absolute Gasteiger partial charge is 0.481 e. The summed E-state index contributed by atoms with van der Waals surface area (Å²) in [6.45, 7) is 0. The Kier molecular flexibility index (Phi) is 5.63. The van der Waals surface area contributed by atoms with Crippen LogP contribution in [0.2, 0.25) is 0 Å². The molecule has 0 spiro atoms. The van der Waals surface area contributed by atoms with Crippen molar-refractivity contribution in [3.05, 3.63) is 31.6 Å². The van der Waals surface area contributed by atoms with E-state index in [0.717, 1.165) is 3.58 Å². The number of carboxylic acid groups (broad SMARTS) is 1. The Bertz CT molecular complexity index is 719. The normalized spacial score (nSPS) is 25.0. The highest BCUT2D eigenvalue weighted by Crippen LogP contribution is 2.45. The maximum Gasteiger partial charge on any atom is 0.315 e. The van der Waals surface area contributed by atoms with Crippen molar-refractivity contribution in [2.45, 2.75) is 3.55 Å². The van der Waals surface area contributed by atoms with Gasteiger partial charge in [-0.25, -0.2) is 4.98 Å². The van der Waals surface area contributed by atoms with Crippen molar-refractivity contribution in [2.75, 3.05) is 11.5 Å². The van der Waals surface area contributed by atoms with Gasteiger partial charge in [0, 0.05) is 7.16 Å². The quantitative estimate of drug-likeness (QED) is 0.201. The zero-order chi connectivity index (χ0) is 16.5. The summed E-state index contributed by atoms with van der Waals surface area (Å²) >= 11 is 6.11. The Hall–Kier alpha value is -0.510. The first kappa shape index (κ1) is 17.8. The Balaban J connectivity index is 2.42. The number of azo groups is 1. The van der Waals surface area contributed by atoms with Crippen molar-refractivity contribution in [2.24, 2.45) is 16.1 Å². The molecule has 0 fully saturated rings. The average Bonchev–Trinajstić information content (AvgIpc) is 2.35. The summed E-state index contributed by atoms with van der Waals surface area (Å²) in [6, 6.07) is 1.53. The van der Waals surface area contributed by atoms with Crippen molar-refractivity contribution < 1.29 is 9.90 Å². The number of nitrogen functional groups attached to an aromatic ring is 2. The number of allylic oxidation sites excluding steroid dienone is 2. The molecule has 0 amide bonds. The minimum Gasteiger partial charge on any atom is -0.481 e. The number of carboxylic acids is 1. The third kappa shape index (κ3) is 3.87. The van der Waals surface area contributed by atoms with Gasteiger partial charge < -0.3 is 16.6 Å². The van der Waals surface area contributed by atoms with Gasteiger partial charge in [-0.05, 0) is 86.0 Å². The molecular formula is C12H10I3N5O2. The van der Waals surface area contributed by atoms with Gasteiger partial charge in [0.05, 0.1) is 17.6 Å². The van der Waals surface area contributed by atoms with Crippen molar-refractivity contribution in [3.8, 4) is 0 Å². The van der Waals surface area contributed by atoms with E-state index in [1.54, 1.807) is 6.08 Å². The first-order valence-corrected chi connectivity index (χ1v) is 9.07. The number of aromatic nitrogens is 1. The third-order valence-corrected chi connectivity index (χ3v) is 5.46. The maximum absolute atomic E-state index is 11.6. The highest BCUT2D eigenvalue weighted by molar-refractivity contribution is 14.1. The second kappa shape index (κ2) is 6.94. The van der Waals surface area contributed by atoms with Gasteiger partial charge in [-0.3, -0.25) is 4.79 Å². The van der Waals surface area contributed by atoms with Crippen LogP contribution >= 0.6 is 67.8 Å². The molecule has 1 aromatic rings. The first-order valence-electron chi connectivity index (χ1n) is 5.84. The topological polar surface area (TPSA) is 127 Å². The van der Waals surface area contributed by atoms with Crippen molar-refractivity contribution in [1.29, 1.82) is 0 Å². The number of aliphatic carboxylic acids is 1. The van der Waals surface area contributed by atoms with Gasteiger partial charge in [0.25, 0.3) is 0 Å². The van der Waals surface area contributed by atoms with E-state index in [9.17, 15) is 9.90 Å². The Morgan fingerprint density at radius 2 is 2.09 bits per heavy atom. The Labute approximate surface area is 167 Å². The average molecular weight is 637 g/mol. The van der Waals surface area contributed by atoms with E-state index in [0.29, 0.717) is 9.27 Å². The molecule has 2 unspecified atom stereocenters. The van der Waals surface area contributed by atoms with Gasteiger partial charge in [0.15, 0.2) is 9.36 Å². The lowest BCUT2D eigenvalue weighted by Crippen LogP contribution is -2.35. The van der Waals surface area contributed by atoms with Gasteiger partial charge in [-0.15, -0.1) is 5.11 Å². The molecule has 116 valence electrons. The van der Waals surface area contributed by atoms with Gasteiger partial charge in [-0.1, -0.05) is 0 Å². The summed E-state index contributed by atoms with van der Waals surface area (Å²) in [5.41, 5.74) is 12.1. The molecule has 2 atom stereocenters. The summed E-state index contributed by atoms with van der Waals surface area (Å²) in [6.07, 6.45) is 4.98. The molecule has 1 heterocycles. The van der Waals surface area contributed by atoms with Crippen LogP contribution in [0.5, 0.6) is 0 Å². The predicted octanol–water partition coefficient (Wildman–Crippen LogP) is 3.81. The minimum atomic E-state index is -1.04. The summed E-state index contributed by atoms with van der Waals surface area (Å²) in [7, 11) is 0. The smallest absolute Gasteiger partial charge is 0.315 e. The highest BCUT2D eigenvalue weighted by Gasteiger charge is 2.44. The standard InChI is InChI=1S/C12H10I3N5O2/c13-5-1-7(14)9(11(21)22)12(15,3-5)20-19-10-8(17)2-6(16)4-18-10/h1-4,9H,16-17H2,(H,21,22)/b20-19+. The highest BCUT2D eigenvalue weighted by atomic mass is 127. The molecular weight excluding hydrogens is 627 g/mol. The van der Waals surface area contributed by atoms with E-state index < -0.39 is 15.4 Å². The second-order valence-electron chi connectivity index (χ2n) is 4.44. The first-order chi connectivity index (χ1) is 10.2. The number of hydrogen-bond donors (Lipinski definition) is 3. The fourth-order valence-electron chi connectivity index (χ4n) is 1.80. The van der Waals surface area contributed by atoms with E-state index in [1.165, 1.54) is 12.3 Å². The minimum absolute atomic E-state index is 0.211. The van der Waals surface area contributed by atoms with Crippen LogP contribution in [0.15, 0.2) is 41.8 Å². The molecule has 1 aromatic heterocycles. The van der Waals surface area contributed by atoms with Crippen LogP contribution in [0.25, 0.3) is 0 Å². The molecule has 0 saturated heterocycles. The summed E-state index contributed by atoms with van der Waals surface area (Å²) in [5, 5.41) is 17.7. The molecule has 10 heteroatoms. The molecule has 0 aliphatic heterocycles. The van der Waals surface area contributed by atoms with Crippen LogP contribution in [0.3, 0.4) is 0 Å². The van der Waals surface area contributed by atoms with Gasteiger partial charge >= 0.3 is 5.97 Å². The van der Waals surface area contributed by atoms with E-state index in [1.807, 2.05) is 51.3 Å². The zero-order valence-corrected chi connectivity index (χ0v) is 17.3. The SMILES string of the molecule is Nc1cnc(/N=N/C2(I)C=C(I)C=C(I)C2C(=O)O)c(N)c1. The molecule has 1 aliphatic carbocycles. The van der Waals surface area contributed by atoms with Crippen molar-refractivity contribution >= 4 is 90.9 Å². The number of hydrogen-bond acceptors (Lipinski definition) is 6. The van der Waals surface area contributed by atoms with Gasteiger partial charge in [0.1, 0.15) is 5.92 Å². The Morgan fingerprint density at radius 3 is 2.68 bits per heavy atom. The Morgan fingerprint density at radius 1 is 1.41 bits per heavy atom. The molecule has 22 heavy (non-hydrogen) atoms. The third-order valence-electron chi connectivity index (χ3n) is 2.76. The number of nitrogens with zero attached hydrogens (tertiary/aromatic N) is 3. The van der Waals surface area contributed by atoms with Crippen LogP contribution in [0.1, 0.15) is 0 Å². The van der Waals surface area contributed by atoms with Crippen molar-refractivity contribution in [3.63, 3.8) is 0 Å². The number of nitrogens with two attached hydrogens (primary N) is 2. The molecule has 0 aromatic carbocycles. The zero-order valence-electron chi connectivity index (χ0n) is 10.9. The molecule has 0 bridgehead atoms. The number of anilines is 2. The fraction of sp³-hybridized carbons (Fsp3) is 0.167. The lowest BCUT2D eigenvalue weighted by Gasteiger charge is -2.28. The molecule has 0 saturated carbocycles. The van der Waals surface area contributed by atoms with E-state index in [-0.39, 0.29) is 11.5 Å². The number of carbonyl (C=O) groups is 1. The van der Waals surface area contributed by atoms with Crippen molar-refractivity contribution in [1.82, 2.24) is 4.98 Å². The predicted molar refractivity (Wildman–Crippen MR) is 110 cm³/mol. The summed E-state index contributed by atoms with van der Waals surface area (Å²) in [5.74, 6) is -1.57. The maximum atomic E-state index is 11.6. The van der Waals surface area contributed by atoms with Crippen LogP contribution in [-0.4, -0.2) is 19.6 Å². The number of pyridine rings is 1. The van der Waals surface area contributed by atoms with Gasteiger partial charge in [0.2, 0.25) is 0 Å². The summed E-state index contributed by atoms with van der Waals surface area (Å²) in [4.78, 5) is 15.6. The number of alkyl halides is 1. The van der Waals surface area contributed by atoms with Crippen LogP contribution in [0, 0.1) is 5.92 Å². The van der Waals surface area contributed by atoms with Crippen LogP contribution < -0.4 is 11.5 Å². The molecule has 5 N–H and O–H groups in total. The lowest BCUT2D eigenvalue weighted by molar-refractivity contribution is -0.140. The number of rotatable bonds is 3. The molecule has 0 radical (unpaired) electrons. The molecule has 2 rings (SSSR count). The monoisotopic (exact) mass is 637 g/mol. The van der Waals surface area contributed by atoms with Crippen LogP contribution in [-0.2, 0) is 4.79 Å². The molecule has 7 nitrogen and oxygen atoms in total. The lowest BCUT2D eigenvalue weighted by atomic mass is 9.96.